The van der Waals surface area contributed by atoms with E-state index in [1.165, 1.54) is 11.8 Å². The Hall–Kier alpha value is -1.97. The molecule has 0 saturated carbocycles. The molecule has 0 radical (unpaired) electrons. The molecule has 0 spiro atoms. The molecule has 2 heterocycles. The summed E-state index contributed by atoms with van der Waals surface area (Å²) in [5.74, 6) is 0.334. The molecule has 0 bridgehead atoms. The quantitative estimate of drug-likeness (QED) is 0.690. The molecule has 0 aliphatic carbocycles. The van der Waals surface area contributed by atoms with Crippen LogP contribution in [0.15, 0.2) is 34.2 Å². The van der Waals surface area contributed by atoms with Crippen molar-refractivity contribution < 1.29 is 4.79 Å². The number of carbonyl (C=O) groups is 1. The number of fused-ring (bicyclic) bond motifs is 1. The number of thioether (sulfide) groups is 2. The molecule has 1 aliphatic heterocycles. The SMILES string of the molecule is Cc1nc(SCC(=O)N2CC[C@@H](C)Sc3ccccc32)c(C#N)c(C)c1C. The Morgan fingerprint density at radius 2 is 2.07 bits per heavy atom. The lowest BCUT2D eigenvalue weighted by atomic mass is 10.1. The van der Waals surface area contributed by atoms with Gasteiger partial charge in [0.2, 0.25) is 5.91 Å². The summed E-state index contributed by atoms with van der Waals surface area (Å²) >= 11 is 3.18. The van der Waals surface area contributed by atoms with Gasteiger partial charge in [-0.25, -0.2) is 4.98 Å². The van der Waals surface area contributed by atoms with Gasteiger partial charge in [0.1, 0.15) is 11.1 Å². The van der Waals surface area contributed by atoms with Crippen molar-refractivity contribution in [1.29, 1.82) is 5.26 Å². The summed E-state index contributed by atoms with van der Waals surface area (Å²) in [6.07, 6.45) is 0.959. The zero-order chi connectivity index (χ0) is 19.6. The number of anilines is 1. The number of pyridine rings is 1. The summed E-state index contributed by atoms with van der Waals surface area (Å²) in [6, 6.07) is 10.3. The van der Waals surface area contributed by atoms with E-state index in [-0.39, 0.29) is 11.7 Å². The first-order valence-electron chi connectivity index (χ1n) is 8.99. The van der Waals surface area contributed by atoms with Crippen LogP contribution in [0, 0.1) is 32.1 Å². The highest BCUT2D eigenvalue weighted by atomic mass is 32.2. The number of aromatic nitrogens is 1. The second-order valence-electron chi connectivity index (χ2n) is 6.76. The van der Waals surface area contributed by atoms with E-state index in [1.54, 1.807) is 0 Å². The Balaban J connectivity index is 1.82. The Morgan fingerprint density at radius 3 is 2.81 bits per heavy atom. The van der Waals surface area contributed by atoms with Gasteiger partial charge in [-0.2, -0.15) is 5.26 Å². The lowest BCUT2D eigenvalue weighted by Gasteiger charge is -2.22. The highest BCUT2D eigenvalue weighted by molar-refractivity contribution is 8.00. The van der Waals surface area contributed by atoms with Crippen LogP contribution in [0.2, 0.25) is 0 Å². The van der Waals surface area contributed by atoms with Gasteiger partial charge in [-0.05, 0) is 50.5 Å². The van der Waals surface area contributed by atoms with Crippen LogP contribution >= 0.6 is 23.5 Å². The van der Waals surface area contributed by atoms with Gasteiger partial charge in [-0.1, -0.05) is 30.8 Å². The first kappa shape index (κ1) is 19.8. The highest BCUT2D eigenvalue weighted by Crippen LogP contribution is 2.37. The summed E-state index contributed by atoms with van der Waals surface area (Å²) < 4.78 is 0. The van der Waals surface area contributed by atoms with E-state index in [0.29, 0.717) is 15.8 Å². The fourth-order valence-electron chi connectivity index (χ4n) is 3.10. The molecule has 4 nitrogen and oxygen atoms in total. The zero-order valence-corrected chi connectivity index (χ0v) is 17.7. The number of hydrogen-bond donors (Lipinski definition) is 0. The smallest absolute Gasteiger partial charge is 0.237 e. The van der Waals surface area contributed by atoms with Gasteiger partial charge in [0.15, 0.2) is 0 Å². The standard InChI is InChI=1S/C21H23N3OS2/c1-13-9-10-24(18-7-5-6-8-19(18)27-13)20(25)12-26-21-17(11-22)15(3)14(2)16(4)23-21/h5-8,13H,9-10,12H2,1-4H3/t13-/m1/s1. The van der Waals surface area contributed by atoms with Crippen molar-refractivity contribution in [2.45, 2.75) is 49.3 Å². The van der Waals surface area contributed by atoms with Gasteiger partial charge in [-0.15, -0.1) is 11.8 Å². The third-order valence-corrected chi connectivity index (χ3v) is 7.15. The maximum atomic E-state index is 13.0. The lowest BCUT2D eigenvalue weighted by Crippen LogP contribution is -2.33. The molecule has 3 rings (SSSR count). The van der Waals surface area contributed by atoms with E-state index in [4.69, 9.17) is 0 Å². The molecule has 6 heteroatoms. The third kappa shape index (κ3) is 4.15. The summed E-state index contributed by atoms with van der Waals surface area (Å²) in [6.45, 7) is 8.78. The molecule has 0 unspecified atom stereocenters. The number of nitriles is 1. The number of para-hydroxylation sites is 1. The van der Waals surface area contributed by atoms with Gasteiger partial charge in [0.25, 0.3) is 0 Å². The Bertz CT molecular complexity index is 920. The molecule has 140 valence electrons. The van der Waals surface area contributed by atoms with Crippen molar-refractivity contribution >= 4 is 35.1 Å². The van der Waals surface area contributed by atoms with Crippen LogP contribution in [0.3, 0.4) is 0 Å². The minimum absolute atomic E-state index is 0.0590. The summed E-state index contributed by atoms with van der Waals surface area (Å²) in [5, 5.41) is 10.7. The van der Waals surface area contributed by atoms with E-state index < -0.39 is 0 Å². The number of aryl methyl sites for hydroxylation is 1. The molecule has 2 aromatic rings. The number of amides is 1. The number of rotatable bonds is 3. The fraction of sp³-hybridized carbons (Fsp3) is 0.381. The van der Waals surface area contributed by atoms with Crippen LogP contribution in [0.4, 0.5) is 5.69 Å². The van der Waals surface area contributed by atoms with Crippen LogP contribution in [-0.4, -0.2) is 28.4 Å². The van der Waals surface area contributed by atoms with E-state index in [0.717, 1.165) is 40.4 Å². The zero-order valence-electron chi connectivity index (χ0n) is 16.1. The van der Waals surface area contributed by atoms with Crippen LogP contribution in [-0.2, 0) is 4.79 Å². The normalized spacial score (nSPS) is 16.4. The van der Waals surface area contributed by atoms with Crippen molar-refractivity contribution in [2.24, 2.45) is 0 Å². The summed E-state index contributed by atoms with van der Waals surface area (Å²) in [4.78, 5) is 20.6. The van der Waals surface area contributed by atoms with Crippen LogP contribution in [0.25, 0.3) is 0 Å². The fourth-order valence-corrected chi connectivity index (χ4v) is 5.17. The minimum Gasteiger partial charge on any atom is -0.311 e. The van der Waals surface area contributed by atoms with Crippen LogP contribution in [0.5, 0.6) is 0 Å². The second-order valence-corrected chi connectivity index (χ2v) is 9.20. The maximum Gasteiger partial charge on any atom is 0.237 e. The summed E-state index contributed by atoms with van der Waals surface area (Å²) in [7, 11) is 0. The molecule has 1 aromatic heterocycles. The van der Waals surface area contributed by atoms with Gasteiger partial charge >= 0.3 is 0 Å². The number of hydrogen-bond acceptors (Lipinski definition) is 5. The predicted molar refractivity (Wildman–Crippen MR) is 113 cm³/mol. The molecule has 1 aliphatic rings. The minimum atomic E-state index is 0.0590. The topological polar surface area (TPSA) is 57.0 Å². The molecule has 1 aromatic carbocycles. The molecule has 1 atom stereocenters. The third-order valence-electron chi connectivity index (χ3n) is 4.95. The van der Waals surface area contributed by atoms with Crippen LogP contribution in [0.1, 0.15) is 35.7 Å². The van der Waals surface area contributed by atoms with Crippen molar-refractivity contribution in [3.05, 3.63) is 46.6 Å². The first-order chi connectivity index (χ1) is 12.9. The predicted octanol–water partition coefficient (Wildman–Crippen LogP) is 4.89. The van der Waals surface area contributed by atoms with Gasteiger partial charge in [0.05, 0.1) is 17.0 Å². The van der Waals surface area contributed by atoms with Crippen LogP contribution < -0.4 is 4.90 Å². The monoisotopic (exact) mass is 397 g/mol. The average molecular weight is 398 g/mol. The van der Waals surface area contributed by atoms with Crippen molar-refractivity contribution in [3.63, 3.8) is 0 Å². The lowest BCUT2D eigenvalue weighted by molar-refractivity contribution is -0.116. The molecule has 0 fully saturated rings. The molecule has 0 N–H and O–H groups in total. The van der Waals surface area contributed by atoms with Gasteiger partial charge in [-0.3, -0.25) is 4.79 Å². The number of nitrogens with zero attached hydrogens (tertiary/aromatic N) is 3. The number of benzene rings is 1. The second kappa shape index (κ2) is 8.37. The molecule has 1 amide bonds. The number of carbonyl (C=O) groups excluding carboxylic acids is 1. The molecular weight excluding hydrogens is 374 g/mol. The molecule has 27 heavy (non-hydrogen) atoms. The van der Waals surface area contributed by atoms with E-state index in [2.05, 4.69) is 24.0 Å². The van der Waals surface area contributed by atoms with E-state index in [9.17, 15) is 10.1 Å². The Labute approximate surface area is 169 Å². The van der Waals surface area contributed by atoms with Gasteiger partial charge < -0.3 is 4.90 Å². The largest absolute Gasteiger partial charge is 0.311 e. The molecule has 0 saturated heterocycles. The Kier molecular flexibility index (Phi) is 6.13. The van der Waals surface area contributed by atoms with Crippen molar-refractivity contribution in [2.75, 3.05) is 17.2 Å². The Morgan fingerprint density at radius 1 is 1.33 bits per heavy atom. The first-order valence-corrected chi connectivity index (χ1v) is 10.9. The maximum absolute atomic E-state index is 13.0. The van der Waals surface area contributed by atoms with Gasteiger partial charge in [0, 0.05) is 22.4 Å². The van der Waals surface area contributed by atoms with E-state index >= 15 is 0 Å². The average Bonchev–Trinajstić information content (AvgIpc) is 2.82. The van der Waals surface area contributed by atoms with Crippen molar-refractivity contribution in [1.82, 2.24) is 4.98 Å². The van der Waals surface area contributed by atoms with Crippen molar-refractivity contribution in [3.8, 4) is 6.07 Å². The van der Waals surface area contributed by atoms with E-state index in [1.807, 2.05) is 55.6 Å². The molecular formula is C21H23N3OS2. The summed E-state index contributed by atoms with van der Waals surface area (Å²) in [5.41, 5.74) is 4.46. The highest BCUT2D eigenvalue weighted by Gasteiger charge is 2.24.